The second-order valence-electron chi connectivity index (χ2n) is 4.94. The van der Waals surface area contributed by atoms with Gasteiger partial charge in [0, 0.05) is 11.6 Å². The number of hydrogen-bond acceptors (Lipinski definition) is 3. The molecule has 3 aromatic rings. The Hall–Kier alpha value is -2.88. The van der Waals surface area contributed by atoms with Crippen LogP contribution in [0.25, 0.3) is 10.9 Å². The molecule has 1 amide bonds. The molecule has 0 aliphatic rings. The van der Waals surface area contributed by atoms with Crippen molar-refractivity contribution in [3.05, 3.63) is 66.9 Å². The van der Waals surface area contributed by atoms with Crippen molar-refractivity contribution in [1.29, 1.82) is 0 Å². The first kappa shape index (κ1) is 14.1. The zero-order valence-electron chi connectivity index (χ0n) is 12.2. The van der Waals surface area contributed by atoms with Crippen LogP contribution in [-0.4, -0.2) is 17.0 Å². The molecule has 22 heavy (non-hydrogen) atoms. The summed E-state index contributed by atoms with van der Waals surface area (Å²) in [6, 6.07) is 18.8. The van der Waals surface area contributed by atoms with Gasteiger partial charge < -0.3 is 10.1 Å². The third-order valence-electron chi connectivity index (χ3n) is 3.32. The number of aromatic nitrogens is 1. The van der Waals surface area contributed by atoms with E-state index in [0.717, 1.165) is 10.9 Å². The second-order valence-corrected chi connectivity index (χ2v) is 4.94. The third kappa shape index (κ3) is 3.06. The molecule has 0 saturated carbocycles. The van der Waals surface area contributed by atoms with Gasteiger partial charge in [0.05, 0.1) is 11.2 Å². The molecular weight excluding hydrogens is 276 g/mol. The Kier molecular flexibility index (Phi) is 4.01. The van der Waals surface area contributed by atoms with Gasteiger partial charge in [0.2, 0.25) is 0 Å². The molecule has 0 saturated heterocycles. The van der Waals surface area contributed by atoms with Gasteiger partial charge in [-0.05, 0) is 31.2 Å². The van der Waals surface area contributed by atoms with Crippen LogP contribution in [0.3, 0.4) is 0 Å². The number of nitrogens with zero attached hydrogens (tertiary/aromatic N) is 1. The van der Waals surface area contributed by atoms with E-state index in [1.807, 2.05) is 60.7 Å². The van der Waals surface area contributed by atoms with Gasteiger partial charge in [0.15, 0.2) is 6.10 Å². The summed E-state index contributed by atoms with van der Waals surface area (Å²) >= 11 is 0. The summed E-state index contributed by atoms with van der Waals surface area (Å²) in [4.78, 5) is 16.6. The second kappa shape index (κ2) is 6.26. The van der Waals surface area contributed by atoms with Gasteiger partial charge in [-0.25, -0.2) is 0 Å². The highest BCUT2D eigenvalue weighted by molar-refractivity contribution is 6.01. The molecule has 1 heterocycles. The first-order valence-electron chi connectivity index (χ1n) is 7.10. The number of para-hydroxylation sites is 2. The maximum atomic E-state index is 12.3. The highest BCUT2D eigenvalue weighted by Gasteiger charge is 2.16. The number of hydrogen-bond donors (Lipinski definition) is 1. The Balaban J connectivity index is 1.75. The molecule has 1 unspecified atom stereocenters. The molecule has 110 valence electrons. The van der Waals surface area contributed by atoms with E-state index < -0.39 is 6.10 Å². The Morgan fingerprint density at radius 3 is 2.64 bits per heavy atom. The van der Waals surface area contributed by atoms with Crippen LogP contribution in [0.15, 0.2) is 66.9 Å². The fourth-order valence-corrected chi connectivity index (χ4v) is 2.20. The van der Waals surface area contributed by atoms with Crippen LogP contribution >= 0.6 is 0 Å². The van der Waals surface area contributed by atoms with Gasteiger partial charge in [-0.3, -0.25) is 9.78 Å². The van der Waals surface area contributed by atoms with Crippen molar-refractivity contribution in [3.8, 4) is 5.75 Å². The van der Waals surface area contributed by atoms with Crippen molar-refractivity contribution in [2.75, 3.05) is 5.32 Å². The smallest absolute Gasteiger partial charge is 0.265 e. The van der Waals surface area contributed by atoms with Crippen LogP contribution in [0.1, 0.15) is 6.92 Å². The van der Waals surface area contributed by atoms with Crippen LogP contribution < -0.4 is 10.1 Å². The van der Waals surface area contributed by atoms with Crippen molar-refractivity contribution in [3.63, 3.8) is 0 Å². The SMILES string of the molecule is CC(Oc1ccccc1)C(=O)Nc1cccc2cccnc12. The summed E-state index contributed by atoms with van der Waals surface area (Å²) in [7, 11) is 0. The van der Waals surface area contributed by atoms with Gasteiger partial charge in [0.25, 0.3) is 5.91 Å². The minimum absolute atomic E-state index is 0.206. The van der Waals surface area contributed by atoms with Crippen LogP contribution in [0, 0.1) is 0 Å². The van der Waals surface area contributed by atoms with Gasteiger partial charge in [0.1, 0.15) is 5.75 Å². The Morgan fingerprint density at radius 2 is 1.82 bits per heavy atom. The molecule has 4 nitrogen and oxygen atoms in total. The molecule has 0 fully saturated rings. The van der Waals surface area contributed by atoms with Crippen molar-refractivity contribution in [2.45, 2.75) is 13.0 Å². The first-order valence-corrected chi connectivity index (χ1v) is 7.10. The van der Waals surface area contributed by atoms with Crippen molar-refractivity contribution < 1.29 is 9.53 Å². The third-order valence-corrected chi connectivity index (χ3v) is 3.32. The van der Waals surface area contributed by atoms with Crippen LogP contribution in [-0.2, 0) is 4.79 Å². The summed E-state index contributed by atoms with van der Waals surface area (Å²) in [5, 5.41) is 3.86. The molecule has 1 atom stereocenters. The van der Waals surface area contributed by atoms with Gasteiger partial charge in [-0.1, -0.05) is 36.4 Å². The number of amides is 1. The lowest BCUT2D eigenvalue weighted by Crippen LogP contribution is -2.30. The number of pyridine rings is 1. The van der Waals surface area contributed by atoms with E-state index in [0.29, 0.717) is 11.4 Å². The molecule has 0 radical (unpaired) electrons. The summed E-state index contributed by atoms with van der Waals surface area (Å²) in [6.45, 7) is 1.72. The number of anilines is 1. The lowest BCUT2D eigenvalue weighted by Gasteiger charge is -2.15. The summed E-state index contributed by atoms with van der Waals surface area (Å²) in [5.74, 6) is 0.461. The Bertz CT molecular complexity index is 782. The highest BCUT2D eigenvalue weighted by Crippen LogP contribution is 2.21. The molecular formula is C18H16N2O2. The van der Waals surface area contributed by atoms with E-state index in [4.69, 9.17) is 4.74 Å². The fourth-order valence-electron chi connectivity index (χ4n) is 2.20. The van der Waals surface area contributed by atoms with Crippen LogP contribution in [0.4, 0.5) is 5.69 Å². The molecule has 0 spiro atoms. The molecule has 2 aromatic carbocycles. The van der Waals surface area contributed by atoms with Gasteiger partial charge in [-0.15, -0.1) is 0 Å². The monoisotopic (exact) mass is 292 g/mol. The molecule has 0 bridgehead atoms. The van der Waals surface area contributed by atoms with Crippen LogP contribution in [0.2, 0.25) is 0 Å². The number of benzene rings is 2. The minimum Gasteiger partial charge on any atom is -0.481 e. The summed E-state index contributed by atoms with van der Waals surface area (Å²) in [6.07, 6.45) is 1.11. The first-order chi connectivity index (χ1) is 10.7. The summed E-state index contributed by atoms with van der Waals surface area (Å²) in [5.41, 5.74) is 1.46. The molecule has 4 heteroatoms. The average molecular weight is 292 g/mol. The highest BCUT2D eigenvalue weighted by atomic mass is 16.5. The van der Waals surface area contributed by atoms with E-state index in [1.54, 1.807) is 13.1 Å². The lowest BCUT2D eigenvalue weighted by atomic mass is 10.2. The topological polar surface area (TPSA) is 51.2 Å². The zero-order chi connectivity index (χ0) is 15.4. The van der Waals surface area contributed by atoms with E-state index in [9.17, 15) is 4.79 Å². The predicted molar refractivity (Wildman–Crippen MR) is 86.9 cm³/mol. The summed E-state index contributed by atoms with van der Waals surface area (Å²) < 4.78 is 5.63. The number of carbonyl (C=O) groups is 1. The maximum absolute atomic E-state index is 12.3. The van der Waals surface area contributed by atoms with Crippen molar-refractivity contribution in [1.82, 2.24) is 4.98 Å². The minimum atomic E-state index is -0.596. The zero-order valence-corrected chi connectivity index (χ0v) is 12.2. The standard InChI is InChI=1S/C18H16N2O2/c1-13(22-15-9-3-2-4-10-15)18(21)20-16-11-5-7-14-8-6-12-19-17(14)16/h2-13H,1H3,(H,20,21). The maximum Gasteiger partial charge on any atom is 0.265 e. The van der Waals surface area contributed by atoms with Gasteiger partial charge in [-0.2, -0.15) is 0 Å². The van der Waals surface area contributed by atoms with Crippen molar-refractivity contribution in [2.24, 2.45) is 0 Å². The van der Waals surface area contributed by atoms with E-state index in [-0.39, 0.29) is 5.91 Å². The number of carbonyl (C=O) groups excluding carboxylic acids is 1. The number of rotatable bonds is 4. The fraction of sp³-hybridized carbons (Fsp3) is 0.111. The molecule has 0 aliphatic heterocycles. The Labute approximate surface area is 128 Å². The largest absolute Gasteiger partial charge is 0.481 e. The molecule has 3 rings (SSSR count). The number of nitrogens with one attached hydrogen (secondary N) is 1. The quantitative estimate of drug-likeness (QED) is 0.798. The number of fused-ring (bicyclic) bond motifs is 1. The van der Waals surface area contributed by atoms with E-state index in [1.165, 1.54) is 0 Å². The van der Waals surface area contributed by atoms with Gasteiger partial charge >= 0.3 is 0 Å². The molecule has 0 aliphatic carbocycles. The van der Waals surface area contributed by atoms with E-state index >= 15 is 0 Å². The lowest BCUT2D eigenvalue weighted by molar-refractivity contribution is -0.122. The average Bonchev–Trinajstić information content (AvgIpc) is 2.56. The predicted octanol–water partition coefficient (Wildman–Crippen LogP) is 3.64. The van der Waals surface area contributed by atoms with E-state index in [2.05, 4.69) is 10.3 Å². The Morgan fingerprint density at radius 1 is 1.05 bits per heavy atom. The van der Waals surface area contributed by atoms with Crippen molar-refractivity contribution >= 4 is 22.5 Å². The molecule has 1 N–H and O–H groups in total. The number of ether oxygens (including phenoxy) is 1. The normalized spacial score (nSPS) is 11.9. The molecule has 1 aromatic heterocycles. The van der Waals surface area contributed by atoms with Crippen LogP contribution in [0.5, 0.6) is 5.75 Å².